The van der Waals surface area contributed by atoms with Crippen molar-refractivity contribution >= 4 is 11.9 Å². The van der Waals surface area contributed by atoms with Gasteiger partial charge in [0.1, 0.15) is 12.3 Å². The largest absolute Gasteiger partial charge is 0.448 e. The van der Waals surface area contributed by atoms with E-state index in [0.717, 1.165) is 6.08 Å². The number of hydrogen-bond acceptors (Lipinski definition) is 4. The third-order valence-electron chi connectivity index (χ3n) is 1.59. The fourth-order valence-corrected chi connectivity index (χ4v) is 0.778. The average molecular weight is 214 g/mol. The van der Waals surface area contributed by atoms with Crippen molar-refractivity contribution < 1.29 is 14.3 Å². The van der Waals surface area contributed by atoms with Crippen molar-refractivity contribution in [2.24, 2.45) is 0 Å². The molecule has 1 amide bonds. The van der Waals surface area contributed by atoms with E-state index >= 15 is 0 Å². The van der Waals surface area contributed by atoms with E-state index in [2.05, 4.69) is 11.9 Å². The molecule has 15 heavy (non-hydrogen) atoms. The standard InChI is InChI=1S/C10H18N2O3/c1-6-8(13)11-10(2,3)9(14)15-7-12(4)5/h6H,1,7H2,2-5H3,(H,11,13). The number of ether oxygens (including phenoxy) is 1. The Kier molecular flexibility index (Phi) is 5.00. The summed E-state index contributed by atoms with van der Waals surface area (Å²) in [6.07, 6.45) is 1.11. The highest BCUT2D eigenvalue weighted by Gasteiger charge is 2.30. The maximum absolute atomic E-state index is 11.5. The number of hydrogen-bond donors (Lipinski definition) is 1. The molecule has 0 unspecified atom stereocenters. The highest BCUT2D eigenvalue weighted by Crippen LogP contribution is 2.05. The monoisotopic (exact) mass is 214 g/mol. The van der Waals surface area contributed by atoms with E-state index in [1.54, 1.807) is 32.8 Å². The molecule has 0 aromatic heterocycles. The molecular weight excluding hydrogens is 196 g/mol. The molecule has 0 heterocycles. The Morgan fingerprint density at radius 2 is 2.00 bits per heavy atom. The van der Waals surface area contributed by atoms with Crippen LogP contribution in [-0.4, -0.2) is 43.1 Å². The van der Waals surface area contributed by atoms with Crippen LogP contribution in [0, 0.1) is 0 Å². The van der Waals surface area contributed by atoms with Crippen LogP contribution in [0.3, 0.4) is 0 Å². The number of amides is 1. The molecule has 0 fully saturated rings. The van der Waals surface area contributed by atoms with Crippen molar-refractivity contribution in [1.82, 2.24) is 10.2 Å². The fraction of sp³-hybridized carbons (Fsp3) is 0.600. The van der Waals surface area contributed by atoms with Crippen molar-refractivity contribution in [3.8, 4) is 0 Å². The Hall–Kier alpha value is -1.36. The number of nitrogens with one attached hydrogen (secondary N) is 1. The number of nitrogens with zero attached hydrogens (tertiary/aromatic N) is 1. The van der Waals surface area contributed by atoms with Crippen LogP contribution < -0.4 is 5.32 Å². The molecule has 0 aliphatic rings. The van der Waals surface area contributed by atoms with Gasteiger partial charge in [0.25, 0.3) is 0 Å². The van der Waals surface area contributed by atoms with Crippen LogP contribution in [0.1, 0.15) is 13.8 Å². The summed E-state index contributed by atoms with van der Waals surface area (Å²) in [6, 6.07) is 0. The summed E-state index contributed by atoms with van der Waals surface area (Å²) in [4.78, 5) is 24.3. The normalized spacial score (nSPS) is 11.0. The summed E-state index contributed by atoms with van der Waals surface area (Å²) in [6.45, 7) is 6.64. The molecule has 0 aliphatic heterocycles. The highest BCUT2D eigenvalue weighted by atomic mass is 16.5. The Labute approximate surface area is 90.1 Å². The van der Waals surface area contributed by atoms with Crippen LogP contribution in [-0.2, 0) is 14.3 Å². The Morgan fingerprint density at radius 1 is 1.47 bits per heavy atom. The van der Waals surface area contributed by atoms with E-state index < -0.39 is 17.4 Å². The molecular formula is C10H18N2O3. The average Bonchev–Trinajstić information content (AvgIpc) is 2.13. The van der Waals surface area contributed by atoms with Gasteiger partial charge in [0.15, 0.2) is 0 Å². The van der Waals surface area contributed by atoms with Gasteiger partial charge in [-0.3, -0.25) is 9.69 Å². The lowest BCUT2D eigenvalue weighted by molar-refractivity contribution is -0.155. The first-order valence-corrected chi connectivity index (χ1v) is 4.56. The summed E-state index contributed by atoms with van der Waals surface area (Å²) in [7, 11) is 3.56. The SMILES string of the molecule is C=CC(=O)NC(C)(C)C(=O)OCN(C)C. The molecule has 0 spiro atoms. The van der Waals surface area contributed by atoms with Crippen LogP contribution in [0.25, 0.3) is 0 Å². The maximum Gasteiger partial charge on any atom is 0.332 e. The van der Waals surface area contributed by atoms with Gasteiger partial charge in [0, 0.05) is 0 Å². The molecule has 0 aromatic rings. The molecule has 0 saturated heterocycles. The van der Waals surface area contributed by atoms with E-state index in [-0.39, 0.29) is 6.73 Å². The molecule has 86 valence electrons. The summed E-state index contributed by atoms with van der Waals surface area (Å²) in [5, 5.41) is 2.48. The van der Waals surface area contributed by atoms with E-state index in [4.69, 9.17) is 4.74 Å². The molecule has 0 aromatic carbocycles. The van der Waals surface area contributed by atoms with E-state index in [1.165, 1.54) is 0 Å². The first-order valence-electron chi connectivity index (χ1n) is 4.56. The van der Waals surface area contributed by atoms with Gasteiger partial charge in [-0.15, -0.1) is 0 Å². The summed E-state index contributed by atoms with van der Waals surface area (Å²) < 4.78 is 4.95. The van der Waals surface area contributed by atoms with Gasteiger partial charge < -0.3 is 10.1 Å². The summed E-state index contributed by atoms with van der Waals surface area (Å²) in [5.74, 6) is -0.881. The first-order chi connectivity index (χ1) is 6.79. The summed E-state index contributed by atoms with van der Waals surface area (Å²) in [5.41, 5.74) is -1.04. The van der Waals surface area contributed by atoms with Crippen molar-refractivity contribution in [1.29, 1.82) is 0 Å². The summed E-state index contributed by atoms with van der Waals surface area (Å²) >= 11 is 0. The number of carbonyl (C=O) groups is 2. The molecule has 0 radical (unpaired) electrons. The van der Waals surface area contributed by atoms with Crippen LogP contribution in [0.2, 0.25) is 0 Å². The Balaban J connectivity index is 4.25. The topological polar surface area (TPSA) is 58.6 Å². The van der Waals surface area contributed by atoms with Crippen molar-refractivity contribution in [3.05, 3.63) is 12.7 Å². The zero-order chi connectivity index (χ0) is 12.1. The van der Waals surface area contributed by atoms with Crippen LogP contribution >= 0.6 is 0 Å². The van der Waals surface area contributed by atoms with E-state index in [1.807, 2.05) is 0 Å². The zero-order valence-corrected chi connectivity index (χ0v) is 9.66. The van der Waals surface area contributed by atoms with Crippen molar-refractivity contribution in [3.63, 3.8) is 0 Å². The molecule has 1 N–H and O–H groups in total. The minimum atomic E-state index is -1.04. The molecule has 0 atom stereocenters. The number of esters is 1. The third kappa shape index (κ3) is 5.17. The predicted octanol–water partition coefficient (Wildman–Crippen LogP) is 0.130. The van der Waals surface area contributed by atoms with Gasteiger partial charge in [0.2, 0.25) is 5.91 Å². The predicted molar refractivity (Wildman–Crippen MR) is 57.1 cm³/mol. The first kappa shape index (κ1) is 13.6. The lowest BCUT2D eigenvalue weighted by Gasteiger charge is -2.24. The quantitative estimate of drug-likeness (QED) is 0.401. The van der Waals surface area contributed by atoms with E-state index in [0.29, 0.717) is 0 Å². The molecule has 0 saturated carbocycles. The van der Waals surface area contributed by atoms with Crippen LogP contribution in [0.5, 0.6) is 0 Å². The van der Waals surface area contributed by atoms with Gasteiger partial charge in [-0.05, 0) is 34.0 Å². The molecule has 0 bridgehead atoms. The highest BCUT2D eigenvalue weighted by molar-refractivity contribution is 5.92. The second-order valence-corrected chi connectivity index (χ2v) is 3.96. The van der Waals surface area contributed by atoms with Crippen LogP contribution in [0.15, 0.2) is 12.7 Å². The maximum atomic E-state index is 11.5. The van der Waals surface area contributed by atoms with Gasteiger partial charge in [0.05, 0.1) is 0 Å². The van der Waals surface area contributed by atoms with Gasteiger partial charge in [-0.2, -0.15) is 0 Å². The van der Waals surface area contributed by atoms with Crippen LogP contribution in [0.4, 0.5) is 0 Å². The number of carbonyl (C=O) groups excluding carboxylic acids is 2. The lowest BCUT2D eigenvalue weighted by atomic mass is 10.1. The Morgan fingerprint density at radius 3 is 2.40 bits per heavy atom. The van der Waals surface area contributed by atoms with Crippen molar-refractivity contribution in [2.75, 3.05) is 20.8 Å². The van der Waals surface area contributed by atoms with Gasteiger partial charge in [-0.25, -0.2) is 4.79 Å². The minimum Gasteiger partial charge on any atom is -0.448 e. The fourth-order valence-electron chi connectivity index (χ4n) is 0.778. The number of rotatable bonds is 5. The molecule has 0 rings (SSSR count). The van der Waals surface area contributed by atoms with Crippen molar-refractivity contribution in [2.45, 2.75) is 19.4 Å². The smallest absolute Gasteiger partial charge is 0.332 e. The van der Waals surface area contributed by atoms with Gasteiger partial charge >= 0.3 is 5.97 Å². The molecule has 5 nitrogen and oxygen atoms in total. The molecule has 0 aliphatic carbocycles. The second kappa shape index (κ2) is 5.50. The Bertz CT molecular complexity index is 259. The second-order valence-electron chi connectivity index (χ2n) is 3.96. The van der Waals surface area contributed by atoms with E-state index in [9.17, 15) is 9.59 Å². The minimum absolute atomic E-state index is 0.187. The third-order valence-corrected chi connectivity index (χ3v) is 1.59. The zero-order valence-electron chi connectivity index (χ0n) is 9.66. The molecule has 5 heteroatoms. The lowest BCUT2D eigenvalue weighted by Crippen LogP contribution is -2.50. The van der Waals surface area contributed by atoms with Gasteiger partial charge in [-0.1, -0.05) is 6.58 Å².